The zero-order chi connectivity index (χ0) is 53.5. The van der Waals surface area contributed by atoms with Gasteiger partial charge in [0.2, 0.25) is 18.4 Å². The minimum Gasteiger partial charge on any atom is -0.496 e. The van der Waals surface area contributed by atoms with Crippen molar-refractivity contribution in [1.82, 2.24) is 10.6 Å². The van der Waals surface area contributed by atoms with E-state index in [-0.39, 0.29) is 36.1 Å². The molecule has 0 aliphatic heterocycles. The standard InChI is InChI=1S/C62H110N4O7/c1-9-13-15-17-19-21-23-25-27-29-31-33-35-37-39-41-49-66(69)54-57(65-59(67)42-40-38-36-34-32-30-28-26-24-22-20-18-16-14-10-2)60(68)64-48-47-63-53-55-43-44-56(52-58(55)70-7)72-50-45-62(6,12-4)73-51-46-61(5,11-3)71-8/h25-28,43-44,52-53,57H,9-24,29-42,45-51,54H2,1-8H3,(H-,64,65,67,68)/p+1. The molecule has 3 unspecified atom stereocenters. The first kappa shape index (κ1) is 67.4. The van der Waals surface area contributed by atoms with Crippen molar-refractivity contribution in [3.8, 4) is 11.5 Å². The van der Waals surface area contributed by atoms with Gasteiger partial charge in [-0.15, -0.1) is 0 Å². The van der Waals surface area contributed by atoms with Crippen molar-refractivity contribution in [2.24, 2.45) is 4.99 Å². The molecule has 0 bridgehead atoms. The van der Waals surface area contributed by atoms with Crippen LogP contribution in [-0.4, -0.2) is 93.6 Å². The van der Waals surface area contributed by atoms with Crippen LogP contribution in [-0.2, 0) is 19.1 Å². The smallest absolute Gasteiger partial charge is 0.249 e. The molecule has 3 atom stereocenters. The Labute approximate surface area is 447 Å². The largest absolute Gasteiger partial charge is 0.496 e. The molecule has 0 spiro atoms. The third-order valence-electron chi connectivity index (χ3n) is 14.6. The molecule has 2 amide bonds. The van der Waals surface area contributed by atoms with E-state index in [0.29, 0.717) is 44.2 Å². The van der Waals surface area contributed by atoms with Crippen LogP contribution in [0.25, 0.3) is 0 Å². The van der Waals surface area contributed by atoms with Gasteiger partial charge in [0, 0.05) is 60.4 Å². The number of methoxy groups -OCH3 is 2. The van der Waals surface area contributed by atoms with Crippen molar-refractivity contribution in [3.05, 3.63) is 53.0 Å². The lowest BCUT2D eigenvalue weighted by Crippen LogP contribution is -2.51. The van der Waals surface area contributed by atoms with Crippen molar-refractivity contribution in [2.45, 2.75) is 264 Å². The Morgan fingerprint density at radius 2 is 1.16 bits per heavy atom. The van der Waals surface area contributed by atoms with Crippen LogP contribution in [0.3, 0.4) is 0 Å². The predicted molar refractivity (Wildman–Crippen MR) is 308 cm³/mol. The zero-order valence-electron chi connectivity index (χ0n) is 48.3. The summed E-state index contributed by atoms with van der Waals surface area (Å²) in [6, 6.07) is 4.73. The molecule has 0 aliphatic carbocycles. The maximum atomic E-state index is 13.5. The third-order valence-corrected chi connectivity index (χ3v) is 14.6. The van der Waals surface area contributed by atoms with Gasteiger partial charge in [-0.2, -0.15) is 0 Å². The molecule has 2 N–H and O–H groups in total. The number of amides is 2. The molecule has 0 saturated heterocycles. The number of carbonyl (C=O) groups excluding carboxylic acids is 2. The fourth-order valence-electron chi connectivity index (χ4n) is 8.74. The van der Waals surface area contributed by atoms with Gasteiger partial charge in [0.05, 0.1) is 38.1 Å². The van der Waals surface area contributed by atoms with Crippen LogP contribution in [0.4, 0.5) is 0 Å². The number of unbranched alkanes of at least 4 members (excludes halogenated alkanes) is 23. The van der Waals surface area contributed by atoms with E-state index in [9.17, 15) is 14.5 Å². The molecule has 0 aromatic heterocycles. The summed E-state index contributed by atoms with van der Waals surface area (Å²) in [7, 11) is 3.38. The number of aliphatic imine (C=N–C) groups is 1. The van der Waals surface area contributed by atoms with Crippen LogP contribution in [0, 0.1) is 4.91 Å². The number of nitrogens with one attached hydrogen (secondary N) is 2. The van der Waals surface area contributed by atoms with Gasteiger partial charge >= 0.3 is 0 Å². The monoisotopic (exact) mass is 1020 g/mol. The lowest BCUT2D eigenvalue weighted by molar-refractivity contribution is -0.550. The number of hydrogen-bond donors (Lipinski definition) is 2. The summed E-state index contributed by atoms with van der Waals surface area (Å²) in [6.45, 7) is 15.0. The fourth-order valence-corrected chi connectivity index (χ4v) is 8.74. The van der Waals surface area contributed by atoms with Crippen molar-refractivity contribution in [1.29, 1.82) is 0 Å². The molecule has 0 aliphatic rings. The van der Waals surface area contributed by atoms with Crippen molar-refractivity contribution >= 4 is 18.0 Å². The molecule has 0 radical (unpaired) electrons. The highest BCUT2D eigenvalue weighted by atomic mass is 16.5. The summed E-state index contributed by atoms with van der Waals surface area (Å²) >= 11 is 0. The van der Waals surface area contributed by atoms with Crippen LogP contribution < -0.4 is 20.1 Å². The highest BCUT2D eigenvalue weighted by Gasteiger charge is 2.28. The van der Waals surface area contributed by atoms with Gasteiger partial charge in [0.25, 0.3) is 0 Å². The summed E-state index contributed by atoms with van der Waals surface area (Å²) in [4.78, 5) is 44.3. The predicted octanol–water partition coefficient (Wildman–Crippen LogP) is 15.7. The second kappa shape index (κ2) is 45.8. The minimum atomic E-state index is -0.937. The van der Waals surface area contributed by atoms with Crippen LogP contribution >= 0.6 is 0 Å². The van der Waals surface area contributed by atoms with Crippen LogP contribution in [0.15, 0.2) is 47.5 Å². The Morgan fingerprint density at radius 1 is 0.658 bits per heavy atom. The molecule has 1 aromatic rings. The number of nitroso groups, excluding NO2 is 1. The van der Waals surface area contributed by atoms with Crippen LogP contribution in [0.2, 0.25) is 0 Å². The van der Waals surface area contributed by atoms with Gasteiger partial charge < -0.3 is 29.6 Å². The highest BCUT2D eigenvalue weighted by Crippen LogP contribution is 2.27. The lowest BCUT2D eigenvalue weighted by atomic mass is 9.97. The molecule has 11 heteroatoms. The average molecular weight is 1020 g/mol. The first-order valence-corrected chi connectivity index (χ1v) is 29.8. The Kier molecular flexibility index (Phi) is 42.3. The summed E-state index contributed by atoms with van der Waals surface area (Å²) in [5.41, 5.74) is 0.299. The van der Waals surface area contributed by atoms with Crippen molar-refractivity contribution in [2.75, 3.05) is 53.6 Å². The highest BCUT2D eigenvalue weighted by molar-refractivity contribution is 5.87. The molecule has 0 fully saturated rings. The van der Waals surface area contributed by atoms with E-state index >= 15 is 0 Å². The van der Waals surface area contributed by atoms with E-state index in [1.165, 1.54) is 116 Å². The van der Waals surface area contributed by atoms with Crippen LogP contribution in [0.1, 0.15) is 253 Å². The minimum absolute atomic E-state index is 0.0819. The average Bonchev–Trinajstić information content (AvgIpc) is 3.39. The first-order valence-electron chi connectivity index (χ1n) is 29.8. The van der Waals surface area contributed by atoms with E-state index in [1.54, 1.807) is 20.4 Å². The SMILES string of the molecule is CCCCCCCCC=CCCCCCCCC[N+](=O)CC(NC(=O)CCCCCCCC=CCCCCCCCC)C(=O)NCCN=Cc1ccc(OCCC(C)(CC)OCCC(C)(CC)OC)cc1OC. The number of rotatable bonds is 51. The number of allylic oxidation sites excluding steroid dienone is 4. The van der Waals surface area contributed by atoms with E-state index in [0.717, 1.165) is 93.8 Å². The number of ether oxygens (including phenoxy) is 4. The summed E-state index contributed by atoms with van der Waals surface area (Å²) in [5.74, 6) is 0.770. The summed E-state index contributed by atoms with van der Waals surface area (Å²) in [5, 5.41) is 5.82. The molecule has 0 saturated carbocycles. The van der Waals surface area contributed by atoms with Gasteiger partial charge in [0.15, 0.2) is 12.6 Å². The van der Waals surface area contributed by atoms with E-state index < -0.39 is 6.04 Å². The second-order valence-corrected chi connectivity index (χ2v) is 21.0. The maximum Gasteiger partial charge on any atom is 0.249 e. The van der Waals surface area contributed by atoms with Crippen molar-refractivity contribution < 1.29 is 33.3 Å². The van der Waals surface area contributed by atoms with Gasteiger partial charge in [-0.25, -0.2) is 0 Å². The molecule has 1 aromatic carbocycles. The Bertz CT molecular complexity index is 1610. The summed E-state index contributed by atoms with van der Waals surface area (Å²) < 4.78 is 24.8. The first-order chi connectivity index (χ1) is 35.5. The van der Waals surface area contributed by atoms with Crippen LogP contribution in [0.5, 0.6) is 11.5 Å². The second-order valence-electron chi connectivity index (χ2n) is 21.0. The van der Waals surface area contributed by atoms with Gasteiger partial charge in [-0.05, 0) is 109 Å². The molecule has 0 heterocycles. The molecule has 1 rings (SSSR count). The fraction of sp³-hybridized carbons (Fsp3) is 0.790. The molecular weight excluding hydrogens is 913 g/mol. The maximum absolute atomic E-state index is 13.5. The van der Waals surface area contributed by atoms with Gasteiger partial charge in [-0.3, -0.25) is 14.6 Å². The lowest BCUT2D eigenvalue weighted by Gasteiger charge is -2.32. The Balaban J connectivity index is 2.63. The molecule has 73 heavy (non-hydrogen) atoms. The van der Waals surface area contributed by atoms with E-state index in [4.69, 9.17) is 18.9 Å². The molecule has 11 nitrogen and oxygen atoms in total. The third kappa shape index (κ3) is 36.9. The molecule has 420 valence electrons. The van der Waals surface area contributed by atoms with Crippen molar-refractivity contribution in [3.63, 3.8) is 0 Å². The topological polar surface area (TPSA) is 128 Å². The summed E-state index contributed by atoms with van der Waals surface area (Å²) in [6.07, 6.45) is 47.1. The molecular formula is C62H111N4O7+. The number of nitrogens with zero attached hydrogens (tertiary/aromatic N) is 2. The van der Waals surface area contributed by atoms with Gasteiger partial charge in [0.1, 0.15) is 11.5 Å². The quantitative estimate of drug-likeness (QED) is 0.0288. The number of benzene rings is 1. The van der Waals surface area contributed by atoms with E-state index in [1.807, 2.05) is 18.2 Å². The number of carbonyl (C=O) groups is 2. The normalized spacial score (nSPS) is 13.9. The Hall–Kier alpha value is -3.57. The Morgan fingerprint density at radius 3 is 1.68 bits per heavy atom. The number of hydrogen-bond acceptors (Lipinski definition) is 8. The van der Waals surface area contributed by atoms with Gasteiger partial charge in [-0.1, -0.05) is 155 Å². The van der Waals surface area contributed by atoms with E-state index in [2.05, 4.69) is 81.5 Å². The zero-order valence-corrected chi connectivity index (χ0v) is 48.3.